The van der Waals surface area contributed by atoms with Gasteiger partial charge in [-0.1, -0.05) is 18.2 Å². The van der Waals surface area contributed by atoms with Gasteiger partial charge in [-0.3, -0.25) is 0 Å². The van der Waals surface area contributed by atoms with Crippen LogP contribution in [0.3, 0.4) is 0 Å². The third kappa shape index (κ3) is 6.29. The first-order valence-electron chi connectivity index (χ1n) is 3.15. The number of carboxylic acid groups (broad SMARTS) is 1. The van der Waals surface area contributed by atoms with Gasteiger partial charge in [-0.15, -0.1) is 10.1 Å². The molecule has 0 atom stereocenters. The normalized spacial score (nSPS) is 8.00. The molecule has 1 aromatic rings. The number of rotatable bonds is 1. The molecule has 0 unspecified atom stereocenters. The van der Waals surface area contributed by atoms with Crippen LogP contribution >= 0.6 is 0 Å². The van der Waals surface area contributed by atoms with Crippen molar-refractivity contribution in [3.63, 3.8) is 0 Å². The lowest BCUT2D eigenvalue weighted by molar-refractivity contribution is -0.742. The molecule has 1 rings (SSSR count). The van der Waals surface area contributed by atoms with Crippen LogP contribution < -0.4 is 0 Å². The molecule has 70 valence electrons. The molecule has 0 spiro atoms. The molecule has 0 aliphatic carbocycles. The number of hydrogen-bond donors (Lipinski definition) is 2. The van der Waals surface area contributed by atoms with Crippen molar-refractivity contribution in [2.45, 2.75) is 0 Å². The highest BCUT2D eigenvalue weighted by molar-refractivity contribution is 5.87. The zero-order chi connectivity index (χ0) is 10.3. The maximum Gasteiger partial charge on any atom is 0.335 e. The molecule has 0 aliphatic heterocycles. The Morgan fingerprint density at radius 3 is 1.92 bits per heavy atom. The van der Waals surface area contributed by atoms with Crippen LogP contribution in [0.15, 0.2) is 30.3 Å². The average Bonchev–Trinajstić information content (AvgIpc) is 2.05. The fraction of sp³-hybridized carbons (Fsp3) is 0. The summed E-state index contributed by atoms with van der Waals surface area (Å²) in [5.74, 6) is -0.879. The van der Waals surface area contributed by atoms with E-state index in [9.17, 15) is 4.79 Å². The van der Waals surface area contributed by atoms with Crippen molar-refractivity contribution in [1.29, 1.82) is 0 Å². The third-order valence-electron chi connectivity index (χ3n) is 1.02. The molecule has 2 N–H and O–H groups in total. The molecule has 13 heavy (non-hydrogen) atoms. The van der Waals surface area contributed by atoms with E-state index in [1.807, 2.05) is 0 Å². The predicted octanol–water partition coefficient (Wildman–Crippen LogP) is 1.04. The average molecular weight is 185 g/mol. The van der Waals surface area contributed by atoms with Gasteiger partial charge in [0.25, 0.3) is 5.09 Å². The topological polar surface area (TPSA) is 101 Å². The summed E-state index contributed by atoms with van der Waals surface area (Å²) in [6, 6.07) is 8.30. The quantitative estimate of drug-likeness (QED) is 0.502. The minimum atomic E-state index is -1.50. The van der Waals surface area contributed by atoms with Crippen LogP contribution in [0.5, 0.6) is 0 Å². The Balaban J connectivity index is 0.000000310. The van der Waals surface area contributed by atoms with E-state index in [2.05, 4.69) is 0 Å². The van der Waals surface area contributed by atoms with E-state index < -0.39 is 11.1 Å². The number of carboxylic acids is 1. The van der Waals surface area contributed by atoms with Crippen LogP contribution in [-0.2, 0) is 0 Å². The molecule has 0 amide bonds. The molecule has 0 radical (unpaired) electrons. The van der Waals surface area contributed by atoms with Crippen molar-refractivity contribution in [3.05, 3.63) is 46.0 Å². The van der Waals surface area contributed by atoms with E-state index in [4.69, 9.17) is 20.4 Å². The largest absolute Gasteiger partial charge is 0.478 e. The minimum absolute atomic E-state index is 0.331. The summed E-state index contributed by atoms with van der Waals surface area (Å²) in [7, 11) is 0. The minimum Gasteiger partial charge on any atom is -0.478 e. The van der Waals surface area contributed by atoms with E-state index in [0.717, 1.165) is 0 Å². The first-order chi connectivity index (χ1) is 6.04. The lowest BCUT2D eigenvalue weighted by Crippen LogP contribution is -1.93. The summed E-state index contributed by atoms with van der Waals surface area (Å²) >= 11 is 0. The molecule has 0 bridgehead atoms. The molecule has 0 aromatic heterocycles. The van der Waals surface area contributed by atoms with Crippen LogP contribution in [0.2, 0.25) is 0 Å². The number of aromatic carboxylic acids is 1. The summed E-state index contributed by atoms with van der Waals surface area (Å²) in [5, 5.41) is 22.0. The van der Waals surface area contributed by atoms with Crippen LogP contribution in [0.4, 0.5) is 0 Å². The Morgan fingerprint density at radius 1 is 1.31 bits per heavy atom. The van der Waals surface area contributed by atoms with E-state index in [-0.39, 0.29) is 0 Å². The van der Waals surface area contributed by atoms with Gasteiger partial charge in [-0.05, 0) is 12.1 Å². The van der Waals surface area contributed by atoms with Gasteiger partial charge >= 0.3 is 5.97 Å². The van der Waals surface area contributed by atoms with Crippen molar-refractivity contribution in [2.75, 3.05) is 0 Å². The maximum atomic E-state index is 10.2. The number of carbonyl (C=O) groups is 1. The Bertz CT molecular complexity index is 280. The molecule has 0 saturated heterocycles. The van der Waals surface area contributed by atoms with Gasteiger partial charge in [-0.2, -0.15) is 0 Å². The SMILES string of the molecule is O=C(O)c1ccccc1.O=[N+]([O-])O. The van der Waals surface area contributed by atoms with Crippen molar-refractivity contribution in [2.24, 2.45) is 0 Å². The highest BCUT2D eigenvalue weighted by Gasteiger charge is 1.96. The Kier molecular flexibility index (Phi) is 4.63. The van der Waals surface area contributed by atoms with Crippen molar-refractivity contribution in [1.82, 2.24) is 0 Å². The highest BCUT2D eigenvalue weighted by Crippen LogP contribution is 1.96. The molecule has 6 nitrogen and oxygen atoms in total. The fourth-order valence-electron chi connectivity index (χ4n) is 0.581. The standard InChI is InChI=1S/C7H6O2.HNO3/c8-7(9)6-4-2-1-3-5-6;2-1(3)4/h1-5H,(H,8,9);(H,2,3,4). The van der Waals surface area contributed by atoms with Crippen LogP contribution in [0.1, 0.15) is 10.4 Å². The van der Waals surface area contributed by atoms with Gasteiger partial charge in [0, 0.05) is 0 Å². The van der Waals surface area contributed by atoms with E-state index in [1.165, 1.54) is 0 Å². The van der Waals surface area contributed by atoms with Crippen molar-refractivity contribution in [3.8, 4) is 0 Å². The molecular formula is C7H7NO5. The van der Waals surface area contributed by atoms with Gasteiger partial charge in [0.2, 0.25) is 0 Å². The molecular weight excluding hydrogens is 178 g/mol. The van der Waals surface area contributed by atoms with Crippen molar-refractivity contribution >= 4 is 5.97 Å². The van der Waals surface area contributed by atoms with Gasteiger partial charge in [0.05, 0.1) is 5.56 Å². The van der Waals surface area contributed by atoms with E-state index >= 15 is 0 Å². The molecule has 6 heteroatoms. The molecule has 1 aromatic carbocycles. The highest BCUT2D eigenvalue weighted by atomic mass is 16.9. The van der Waals surface area contributed by atoms with Crippen LogP contribution in [0.25, 0.3) is 0 Å². The predicted molar refractivity (Wildman–Crippen MR) is 42.2 cm³/mol. The van der Waals surface area contributed by atoms with Crippen molar-refractivity contribution < 1.29 is 20.2 Å². The Hall–Kier alpha value is -2.11. The Morgan fingerprint density at radius 2 is 1.69 bits per heavy atom. The summed E-state index contributed by atoms with van der Waals surface area (Å²) in [6.45, 7) is 0. The second-order valence-electron chi connectivity index (χ2n) is 1.91. The van der Waals surface area contributed by atoms with E-state index in [1.54, 1.807) is 30.3 Å². The van der Waals surface area contributed by atoms with Gasteiger partial charge in [-0.25, -0.2) is 4.79 Å². The lowest BCUT2D eigenvalue weighted by atomic mass is 10.2. The third-order valence-corrected chi connectivity index (χ3v) is 1.02. The number of nitrogens with zero attached hydrogens (tertiary/aromatic N) is 1. The fourth-order valence-corrected chi connectivity index (χ4v) is 0.581. The molecule has 0 heterocycles. The lowest BCUT2D eigenvalue weighted by Gasteiger charge is -1.88. The first-order valence-corrected chi connectivity index (χ1v) is 3.15. The summed E-state index contributed by atoms with van der Waals surface area (Å²) < 4.78 is 0. The summed E-state index contributed by atoms with van der Waals surface area (Å²) in [5.41, 5.74) is 0.331. The summed E-state index contributed by atoms with van der Waals surface area (Å²) in [6.07, 6.45) is 0. The molecule has 0 aliphatic rings. The smallest absolute Gasteiger partial charge is 0.335 e. The second kappa shape index (κ2) is 5.53. The van der Waals surface area contributed by atoms with E-state index in [0.29, 0.717) is 5.56 Å². The van der Waals surface area contributed by atoms with Crippen LogP contribution in [0, 0.1) is 10.1 Å². The van der Waals surface area contributed by atoms with Crippen LogP contribution in [-0.4, -0.2) is 21.4 Å². The maximum absolute atomic E-state index is 10.2. The zero-order valence-electron chi connectivity index (χ0n) is 6.45. The number of hydrogen-bond acceptors (Lipinski definition) is 3. The Labute approximate surface area is 73.2 Å². The number of benzene rings is 1. The van der Waals surface area contributed by atoms with Gasteiger partial charge < -0.3 is 10.3 Å². The van der Waals surface area contributed by atoms with Gasteiger partial charge in [0.15, 0.2) is 0 Å². The monoisotopic (exact) mass is 185 g/mol. The second-order valence-corrected chi connectivity index (χ2v) is 1.91. The zero-order valence-corrected chi connectivity index (χ0v) is 6.45. The summed E-state index contributed by atoms with van der Waals surface area (Å²) in [4.78, 5) is 18.6. The first kappa shape index (κ1) is 10.9. The van der Waals surface area contributed by atoms with Gasteiger partial charge in [0.1, 0.15) is 0 Å². The molecule has 0 saturated carbocycles. The molecule has 0 fully saturated rings.